The Morgan fingerprint density at radius 2 is 2.06 bits per heavy atom. The standard InChI is InChI=1S/C26H30BrN5O3/c1-2-3-13-28-26(34)21-11-4-5-12-22(21)29-25(33)19-9-7-14-32(16-19)17-23-30-24(31-35-23)18-8-6-10-20(27)15-18/h4-6,8,10-12,15,19H,2-3,7,9,13-14,16-17H2,1H3,(H,28,34)(H,29,33). The third-order valence-electron chi connectivity index (χ3n) is 6.03. The van der Waals surface area contributed by atoms with E-state index in [4.69, 9.17) is 4.52 Å². The van der Waals surface area contributed by atoms with E-state index < -0.39 is 0 Å². The van der Waals surface area contributed by atoms with Gasteiger partial charge in [0.15, 0.2) is 0 Å². The number of para-hydroxylation sites is 1. The van der Waals surface area contributed by atoms with E-state index in [2.05, 4.69) is 48.5 Å². The Morgan fingerprint density at radius 1 is 1.20 bits per heavy atom. The van der Waals surface area contributed by atoms with E-state index in [0.717, 1.165) is 42.3 Å². The van der Waals surface area contributed by atoms with E-state index in [-0.39, 0.29) is 17.7 Å². The van der Waals surface area contributed by atoms with Crippen LogP contribution in [0.4, 0.5) is 5.69 Å². The summed E-state index contributed by atoms with van der Waals surface area (Å²) in [5, 5.41) is 10.0. The fourth-order valence-electron chi connectivity index (χ4n) is 4.17. The van der Waals surface area contributed by atoms with E-state index in [9.17, 15) is 9.59 Å². The Bertz CT molecular complexity index is 1170. The number of carbonyl (C=O) groups excluding carboxylic acids is 2. The monoisotopic (exact) mass is 539 g/mol. The quantitative estimate of drug-likeness (QED) is 0.376. The van der Waals surface area contributed by atoms with Crippen LogP contribution in [0.3, 0.4) is 0 Å². The summed E-state index contributed by atoms with van der Waals surface area (Å²) in [6.07, 6.45) is 3.61. The van der Waals surface area contributed by atoms with Crippen LogP contribution in [0.25, 0.3) is 11.4 Å². The molecule has 1 saturated heterocycles. The van der Waals surface area contributed by atoms with Gasteiger partial charge in [-0.1, -0.05) is 58.7 Å². The summed E-state index contributed by atoms with van der Waals surface area (Å²) >= 11 is 3.46. The normalized spacial score (nSPS) is 16.1. The van der Waals surface area contributed by atoms with E-state index in [1.54, 1.807) is 18.2 Å². The molecular formula is C26H30BrN5O3. The molecule has 0 saturated carbocycles. The van der Waals surface area contributed by atoms with Gasteiger partial charge in [0.05, 0.1) is 23.7 Å². The fraction of sp³-hybridized carbons (Fsp3) is 0.385. The first-order chi connectivity index (χ1) is 17.0. The lowest BCUT2D eigenvalue weighted by atomic mass is 9.96. The minimum absolute atomic E-state index is 0.0798. The number of piperidine rings is 1. The van der Waals surface area contributed by atoms with Gasteiger partial charge in [-0.3, -0.25) is 14.5 Å². The van der Waals surface area contributed by atoms with Gasteiger partial charge in [0, 0.05) is 23.1 Å². The van der Waals surface area contributed by atoms with Crippen molar-refractivity contribution in [2.75, 3.05) is 25.0 Å². The number of benzene rings is 2. The largest absolute Gasteiger partial charge is 0.352 e. The molecule has 0 bridgehead atoms. The molecule has 1 aromatic heterocycles. The first kappa shape index (κ1) is 25.1. The predicted octanol–water partition coefficient (Wildman–Crippen LogP) is 4.88. The molecule has 0 spiro atoms. The average Bonchev–Trinajstić information content (AvgIpc) is 3.33. The Kier molecular flexibility index (Phi) is 8.65. The van der Waals surface area contributed by atoms with Gasteiger partial charge in [0.2, 0.25) is 17.6 Å². The number of likely N-dealkylation sites (tertiary alicyclic amines) is 1. The molecule has 1 atom stereocenters. The van der Waals surface area contributed by atoms with Crippen molar-refractivity contribution in [1.82, 2.24) is 20.4 Å². The summed E-state index contributed by atoms with van der Waals surface area (Å²) in [6.45, 7) is 4.63. The van der Waals surface area contributed by atoms with Crippen molar-refractivity contribution in [3.8, 4) is 11.4 Å². The second-order valence-corrected chi connectivity index (χ2v) is 9.66. The van der Waals surface area contributed by atoms with Crippen molar-refractivity contribution < 1.29 is 14.1 Å². The Balaban J connectivity index is 1.36. The second kappa shape index (κ2) is 12.1. The molecule has 1 aliphatic rings. The molecule has 2 heterocycles. The van der Waals surface area contributed by atoms with Gasteiger partial charge in [0.25, 0.3) is 5.91 Å². The zero-order valence-electron chi connectivity index (χ0n) is 19.8. The van der Waals surface area contributed by atoms with Crippen LogP contribution in [-0.2, 0) is 11.3 Å². The van der Waals surface area contributed by atoms with Crippen LogP contribution in [0.2, 0.25) is 0 Å². The fourth-order valence-corrected chi connectivity index (χ4v) is 4.57. The minimum atomic E-state index is -0.188. The number of amides is 2. The van der Waals surface area contributed by atoms with Crippen molar-refractivity contribution in [3.05, 3.63) is 64.5 Å². The number of carbonyl (C=O) groups is 2. The first-order valence-electron chi connectivity index (χ1n) is 12.0. The van der Waals surface area contributed by atoms with Crippen molar-refractivity contribution >= 4 is 33.4 Å². The number of unbranched alkanes of at least 4 members (excludes halogenated alkanes) is 1. The van der Waals surface area contributed by atoms with Crippen molar-refractivity contribution in [2.24, 2.45) is 5.92 Å². The zero-order chi connectivity index (χ0) is 24.6. The van der Waals surface area contributed by atoms with Crippen LogP contribution >= 0.6 is 15.9 Å². The molecule has 1 unspecified atom stereocenters. The molecule has 1 aliphatic heterocycles. The first-order valence-corrected chi connectivity index (χ1v) is 12.8. The maximum atomic E-state index is 13.1. The van der Waals surface area contributed by atoms with Crippen molar-refractivity contribution in [3.63, 3.8) is 0 Å². The molecule has 2 aromatic carbocycles. The zero-order valence-corrected chi connectivity index (χ0v) is 21.4. The number of halogens is 1. The summed E-state index contributed by atoms with van der Waals surface area (Å²) < 4.78 is 6.42. The molecule has 8 nitrogen and oxygen atoms in total. The summed E-state index contributed by atoms with van der Waals surface area (Å²) in [5.74, 6) is 0.630. The summed E-state index contributed by atoms with van der Waals surface area (Å²) in [5.41, 5.74) is 1.90. The molecule has 2 N–H and O–H groups in total. The molecule has 9 heteroatoms. The summed E-state index contributed by atoms with van der Waals surface area (Å²) in [6, 6.07) is 14.9. The maximum absolute atomic E-state index is 13.1. The lowest BCUT2D eigenvalue weighted by Crippen LogP contribution is -2.40. The number of aromatic nitrogens is 2. The number of nitrogens with zero attached hydrogens (tertiary/aromatic N) is 3. The molecule has 0 aliphatic carbocycles. The van der Waals surface area contributed by atoms with Gasteiger partial charge in [-0.15, -0.1) is 0 Å². The van der Waals surface area contributed by atoms with Crippen LogP contribution in [0.15, 0.2) is 57.5 Å². The summed E-state index contributed by atoms with van der Waals surface area (Å²) in [7, 11) is 0. The number of hydrogen-bond acceptors (Lipinski definition) is 6. The van der Waals surface area contributed by atoms with E-state index in [1.807, 2.05) is 30.3 Å². The Morgan fingerprint density at radius 3 is 2.89 bits per heavy atom. The highest BCUT2D eigenvalue weighted by molar-refractivity contribution is 9.10. The third-order valence-corrected chi connectivity index (χ3v) is 6.52. The number of hydrogen-bond donors (Lipinski definition) is 2. The van der Waals surface area contributed by atoms with Crippen LogP contribution in [0, 0.1) is 5.92 Å². The maximum Gasteiger partial charge on any atom is 0.253 e. The third kappa shape index (κ3) is 6.76. The van der Waals surface area contributed by atoms with Gasteiger partial charge < -0.3 is 15.2 Å². The number of nitrogens with one attached hydrogen (secondary N) is 2. The van der Waals surface area contributed by atoms with Gasteiger partial charge in [-0.25, -0.2) is 0 Å². The highest BCUT2D eigenvalue weighted by Gasteiger charge is 2.28. The molecular weight excluding hydrogens is 510 g/mol. The predicted molar refractivity (Wildman–Crippen MR) is 138 cm³/mol. The SMILES string of the molecule is CCCCNC(=O)c1ccccc1NC(=O)C1CCCN(Cc2nc(-c3cccc(Br)c3)no2)C1. The minimum Gasteiger partial charge on any atom is -0.352 e. The van der Waals surface area contributed by atoms with Crippen LogP contribution in [0.1, 0.15) is 48.9 Å². The van der Waals surface area contributed by atoms with Crippen LogP contribution in [-0.4, -0.2) is 46.5 Å². The van der Waals surface area contributed by atoms with E-state index in [0.29, 0.717) is 42.6 Å². The molecule has 1 fully saturated rings. The molecule has 184 valence electrons. The molecule has 2 amide bonds. The molecule has 3 aromatic rings. The van der Waals surface area contributed by atoms with Crippen LogP contribution in [0.5, 0.6) is 0 Å². The van der Waals surface area contributed by atoms with Crippen molar-refractivity contribution in [2.45, 2.75) is 39.2 Å². The highest BCUT2D eigenvalue weighted by Crippen LogP contribution is 2.24. The molecule has 0 radical (unpaired) electrons. The summed E-state index contributed by atoms with van der Waals surface area (Å²) in [4.78, 5) is 32.4. The topological polar surface area (TPSA) is 100 Å². The molecule has 35 heavy (non-hydrogen) atoms. The Hall–Kier alpha value is -3.04. The lowest BCUT2D eigenvalue weighted by Gasteiger charge is -2.31. The van der Waals surface area contributed by atoms with Crippen LogP contribution < -0.4 is 10.6 Å². The van der Waals surface area contributed by atoms with Crippen molar-refractivity contribution in [1.29, 1.82) is 0 Å². The number of anilines is 1. The van der Waals surface area contributed by atoms with Gasteiger partial charge >= 0.3 is 0 Å². The molecule has 4 rings (SSSR count). The van der Waals surface area contributed by atoms with E-state index >= 15 is 0 Å². The van der Waals surface area contributed by atoms with Gasteiger partial charge in [-0.2, -0.15) is 4.98 Å². The second-order valence-electron chi connectivity index (χ2n) is 8.74. The smallest absolute Gasteiger partial charge is 0.253 e. The van der Waals surface area contributed by atoms with Gasteiger partial charge in [-0.05, 0) is 50.1 Å². The lowest BCUT2D eigenvalue weighted by molar-refractivity contribution is -0.121. The highest BCUT2D eigenvalue weighted by atomic mass is 79.9. The average molecular weight is 540 g/mol. The number of rotatable bonds is 9. The van der Waals surface area contributed by atoms with E-state index in [1.165, 1.54) is 0 Å². The Labute approximate surface area is 213 Å². The van der Waals surface area contributed by atoms with Gasteiger partial charge in [0.1, 0.15) is 0 Å².